The van der Waals surface area contributed by atoms with Crippen molar-refractivity contribution in [3.05, 3.63) is 256 Å². The molecule has 15 rings (SSSR count). The Bertz CT molecular complexity index is 3680. The highest BCUT2D eigenvalue weighted by atomic mass is 32.1. The van der Waals surface area contributed by atoms with Crippen LogP contribution in [-0.4, -0.2) is 5.71 Å². The van der Waals surface area contributed by atoms with Gasteiger partial charge in [0.2, 0.25) is 0 Å². The van der Waals surface area contributed by atoms with Gasteiger partial charge in [-0.2, -0.15) is 0 Å². The Balaban J connectivity index is 0.923. The van der Waals surface area contributed by atoms with Crippen molar-refractivity contribution >= 4 is 42.9 Å². The smallest absolute Gasteiger partial charge is 0.132 e. The zero-order valence-electron chi connectivity index (χ0n) is 36.5. The van der Waals surface area contributed by atoms with Gasteiger partial charge < -0.3 is 10.1 Å². The number of para-hydroxylation sites is 2. The van der Waals surface area contributed by atoms with Gasteiger partial charge in [0.05, 0.1) is 17.0 Å². The van der Waals surface area contributed by atoms with Crippen LogP contribution in [0.2, 0.25) is 0 Å². The predicted molar refractivity (Wildman–Crippen MR) is 274 cm³/mol. The Morgan fingerprint density at radius 2 is 1.19 bits per heavy atom. The molecule has 4 heterocycles. The van der Waals surface area contributed by atoms with Gasteiger partial charge in [0.15, 0.2) is 0 Å². The van der Waals surface area contributed by atoms with Crippen molar-refractivity contribution in [3.8, 4) is 33.8 Å². The minimum Gasteiger partial charge on any atom is -0.457 e. The van der Waals surface area contributed by atoms with E-state index in [9.17, 15) is 0 Å². The zero-order chi connectivity index (χ0) is 43.8. The Labute approximate surface area is 393 Å². The molecule has 1 spiro atoms. The first-order valence-electron chi connectivity index (χ1n) is 23.6. The van der Waals surface area contributed by atoms with Crippen molar-refractivity contribution in [2.45, 2.75) is 36.0 Å². The van der Waals surface area contributed by atoms with E-state index in [0.717, 1.165) is 35.7 Å². The Kier molecular flexibility index (Phi) is 7.85. The molecule has 3 aliphatic heterocycles. The molecule has 4 nitrogen and oxygen atoms in total. The molecule has 2 aliphatic carbocycles. The van der Waals surface area contributed by atoms with Gasteiger partial charge in [-0.1, -0.05) is 164 Å². The fourth-order valence-electron chi connectivity index (χ4n) is 12.6. The molecule has 0 bridgehead atoms. The van der Waals surface area contributed by atoms with E-state index in [-0.39, 0.29) is 17.7 Å². The minimum absolute atomic E-state index is 0.0385. The lowest BCUT2D eigenvalue weighted by molar-refractivity contribution is 0.424. The normalized spacial score (nSPS) is 21.0. The standard InChI is InChI=1S/C62H43N3OS/c1-3-16-37(17-4-1)58-47-34-45-41-20-7-9-23-48(41)62(49-24-10-12-27-55(49)66-56-28-13-11-25-50(56)62)52(45)35-44(47)46-32-39(30-31-53(46)63-58)54-33-40-36-61(40,65-60(64-54)38-18-5-2-6-19-38)51-26-15-22-43-42-21-8-14-29-57(42)67-59(43)51/h1-32,34-35,40,58,60,63,65H,33,36H2. The van der Waals surface area contributed by atoms with Gasteiger partial charge in [-0.3, -0.25) is 10.3 Å². The number of aliphatic imine (C=N–C) groups is 1. The second-order valence-corrected chi connectivity index (χ2v) is 20.1. The van der Waals surface area contributed by atoms with E-state index in [2.05, 4.69) is 217 Å². The second kappa shape index (κ2) is 14.0. The summed E-state index contributed by atoms with van der Waals surface area (Å²) in [5.41, 5.74) is 17.7. The molecule has 10 aromatic rings. The van der Waals surface area contributed by atoms with Gasteiger partial charge >= 0.3 is 0 Å². The summed E-state index contributed by atoms with van der Waals surface area (Å²) in [6.07, 6.45) is 1.75. The van der Waals surface area contributed by atoms with Crippen molar-refractivity contribution in [3.63, 3.8) is 0 Å². The molecular formula is C62H43N3OS. The maximum Gasteiger partial charge on any atom is 0.132 e. The average molecular weight is 878 g/mol. The number of fused-ring (bicyclic) bond motifs is 16. The number of nitrogens with zero attached hydrogens (tertiary/aromatic N) is 1. The number of hydrogen-bond donors (Lipinski definition) is 2. The Morgan fingerprint density at radius 1 is 0.522 bits per heavy atom. The van der Waals surface area contributed by atoms with Crippen LogP contribution in [0.3, 0.4) is 0 Å². The van der Waals surface area contributed by atoms with E-state index < -0.39 is 5.41 Å². The van der Waals surface area contributed by atoms with Crippen molar-refractivity contribution in [1.82, 2.24) is 5.32 Å². The number of thiophene rings is 1. The molecular weight excluding hydrogens is 835 g/mol. The summed E-state index contributed by atoms with van der Waals surface area (Å²) in [4.78, 5) is 5.74. The summed E-state index contributed by atoms with van der Waals surface area (Å²) in [5.74, 6) is 2.21. The summed E-state index contributed by atoms with van der Waals surface area (Å²) in [7, 11) is 0. The van der Waals surface area contributed by atoms with Crippen LogP contribution in [0.4, 0.5) is 5.69 Å². The SMILES string of the molecule is c1ccc(C2N=C(c3ccc4c(c3)-c3cc5c(cc3C(c3ccccc3)N4)-c3ccccc3C53c4ccccc4Oc4ccccc43)CC3CC3(c3cccc4c3sc3ccccc34)N2)cc1. The van der Waals surface area contributed by atoms with E-state index in [1.807, 2.05) is 11.3 Å². The molecule has 0 radical (unpaired) electrons. The van der Waals surface area contributed by atoms with Gasteiger partial charge in [0.1, 0.15) is 17.7 Å². The van der Waals surface area contributed by atoms with Crippen molar-refractivity contribution in [1.29, 1.82) is 0 Å². The average Bonchev–Trinajstić information content (AvgIpc) is 3.88. The number of nitrogens with one attached hydrogen (secondary N) is 2. The molecule has 0 saturated heterocycles. The Hall–Kier alpha value is -7.57. The van der Waals surface area contributed by atoms with E-state index in [1.54, 1.807) is 0 Å². The number of benzene rings is 9. The minimum atomic E-state index is -0.566. The molecule has 9 aromatic carbocycles. The van der Waals surface area contributed by atoms with Crippen molar-refractivity contribution in [2.24, 2.45) is 10.9 Å². The molecule has 1 saturated carbocycles. The third kappa shape index (κ3) is 5.30. The molecule has 1 aromatic heterocycles. The van der Waals surface area contributed by atoms with Crippen molar-refractivity contribution in [2.75, 3.05) is 5.32 Å². The lowest BCUT2D eigenvalue weighted by atomic mass is 9.65. The molecule has 5 heteroatoms. The van der Waals surface area contributed by atoms with Crippen LogP contribution in [0.25, 0.3) is 42.4 Å². The highest BCUT2D eigenvalue weighted by molar-refractivity contribution is 7.26. The first-order valence-corrected chi connectivity index (χ1v) is 24.4. The topological polar surface area (TPSA) is 45.7 Å². The molecule has 5 aliphatic rings. The highest BCUT2D eigenvalue weighted by Crippen LogP contribution is 2.64. The van der Waals surface area contributed by atoms with Crippen LogP contribution in [0.15, 0.2) is 211 Å². The molecule has 4 unspecified atom stereocenters. The van der Waals surface area contributed by atoms with E-state index in [1.165, 1.54) is 92.5 Å². The van der Waals surface area contributed by atoms with Crippen LogP contribution in [0.5, 0.6) is 11.5 Å². The quantitative estimate of drug-likeness (QED) is 0.185. The monoisotopic (exact) mass is 877 g/mol. The van der Waals surface area contributed by atoms with Crippen LogP contribution in [-0.2, 0) is 11.0 Å². The molecule has 4 atom stereocenters. The first-order chi connectivity index (χ1) is 33.2. The van der Waals surface area contributed by atoms with E-state index >= 15 is 0 Å². The third-order valence-corrected chi connectivity index (χ3v) is 16.8. The van der Waals surface area contributed by atoms with Crippen LogP contribution < -0.4 is 15.4 Å². The Morgan fingerprint density at radius 3 is 2.00 bits per heavy atom. The maximum absolute atomic E-state index is 6.73. The fourth-order valence-corrected chi connectivity index (χ4v) is 13.9. The maximum atomic E-state index is 6.73. The molecule has 0 amide bonds. The third-order valence-electron chi connectivity index (χ3n) is 15.6. The van der Waals surface area contributed by atoms with Crippen LogP contribution in [0.1, 0.15) is 75.1 Å². The summed E-state index contributed by atoms with van der Waals surface area (Å²) in [5, 5.41) is 11.0. The summed E-state index contributed by atoms with van der Waals surface area (Å²) >= 11 is 1.93. The van der Waals surface area contributed by atoms with Crippen LogP contribution in [0, 0.1) is 5.92 Å². The summed E-state index contributed by atoms with van der Waals surface area (Å²) in [6, 6.07) is 76.0. The van der Waals surface area contributed by atoms with Gasteiger partial charge in [0.25, 0.3) is 0 Å². The second-order valence-electron chi connectivity index (χ2n) is 19.0. The fraction of sp³-hybridized carbons (Fsp3) is 0.113. The molecule has 2 N–H and O–H groups in total. The van der Waals surface area contributed by atoms with Gasteiger partial charge in [-0.05, 0) is 117 Å². The molecule has 1 fully saturated rings. The first kappa shape index (κ1) is 37.6. The highest BCUT2D eigenvalue weighted by Gasteiger charge is 2.58. The summed E-state index contributed by atoms with van der Waals surface area (Å²) < 4.78 is 9.46. The zero-order valence-corrected chi connectivity index (χ0v) is 37.4. The van der Waals surface area contributed by atoms with Gasteiger partial charge in [0, 0.05) is 48.3 Å². The van der Waals surface area contributed by atoms with Gasteiger partial charge in [-0.15, -0.1) is 11.3 Å². The lowest BCUT2D eigenvalue weighted by Gasteiger charge is -2.40. The lowest BCUT2D eigenvalue weighted by Crippen LogP contribution is -2.33. The van der Waals surface area contributed by atoms with Crippen LogP contribution >= 0.6 is 11.3 Å². The summed E-state index contributed by atoms with van der Waals surface area (Å²) in [6.45, 7) is 0. The number of anilines is 1. The largest absolute Gasteiger partial charge is 0.457 e. The number of rotatable bonds is 4. The number of ether oxygens (including phenoxy) is 1. The molecule has 318 valence electrons. The predicted octanol–water partition coefficient (Wildman–Crippen LogP) is 15.1. The van der Waals surface area contributed by atoms with Gasteiger partial charge in [-0.25, -0.2) is 0 Å². The van der Waals surface area contributed by atoms with Crippen molar-refractivity contribution < 1.29 is 4.74 Å². The van der Waals surface area contributed by atoms with E-state index in [4.69, 9.17) is 9.73 Å². The number of hydrogen-bond acceptors (Lipinski definition) is 5. The molecule has 67 heavy (non-hydrogen) atoms. The van der Waals surface area contributed by atoms with E-state index in [0.29, 0.717) is 5.92 Å².